The highest BCUT2D eigenvalue weighted by Crippen LogP contribution is 2.04. The molecule has 0 saturated heterocycles. The second-order valence-electron chi connectivity index (χ2n) is 3.32. The Bertz CT molecular complexity index is 579. The van der Waals surface area contributed by atoms with Gasteiger partial charge in [-0.25, -0.2) is 4.68 Å². The summed E-state index contributed by atoms with van der Waals surface area (Å²) in [5, 5.41) is 2.46. The van der Waals surface area contributed by atoms with E-state index in [2.05, 4.69) is 5.10 Å². The minimum absolute atomic E-state index is 0.251. The maximum absolute atomic E-state index is 11.4. The van der Waals surface area contributed by atoms with Crippen LogP contribution in [0.1, 0.15) is 5.56 Å². The SMILES string of the molecule is Cc1ccc(-n2[nH]c(=O)ccc2=O)cc1. The van der Waals surface area contributed by atoms with Crippen LogP contribution in [0.25, 0.3) is 5.69 Å². The molecule has 15 heavy (non-hydrogen) atoms. The first-order valence-corrected chi connectivity index (χ1v) is 4.56. The van der Waals surface area contributed by atoms with E-state index in [0.29, 0.717) is 5.69 Å². The highest BCUT2D eigenvalue weighted by molar-refractivity contribution is 5.32. The number of aromatic nitrogens is 2. The molecular formula is C11H10N2O2. The Hall–Kier alpha value is -2.10. The first-order chi connectivity index (χ1) is 7.16. The highest BCUT2D eigenvalue weighted by atomic mass is 16.1. The Balaban J connectivity index is 2.63. The van der Waals surface area contributed by atoms with Gasteiger partial charge in [-0.05, 0) is 19.1 Å². The van der Waals surface area contributed by atoms with Gasteiger partial charge in [0.15, 0.2) is 0 Å². The standard InChI is InChI=1S/C11H10N2O2/c1-8-2-4-9(5-3-8)13-11(15)7-6-10(14)12-13/h2-7H,1H3,(H,12,14). The maximum atomic E-state index is 11.4. The molecular weight excluding hydrogens is 192 g/mol. The molecule has 0 aliphatic rings. The summed E-state index contributed by atoms with van der Waals surface area (Å²) in [7, 11) is 0. The van der Waals surface area contributed by atoms with E-state index in [-0.39, 0.29) is 11.1 Å². The molecule has 2 aromatic rings. The number of rotatable bonds is 1. The third kappa shape index (κ3) is 1.88. The summed E-state index contributed by atoms with van der Waals surface area (Å²) in [5.74, 6) is 0. The van der Waals surface area contributed by atoms with Gasteiger partial charge in [0.2, 0.25) is 0 Å². The quantitative estimate of drug-likeness (QED) is 0.744. The Labute approximate surface area is 85.8 Å². The van der Waals surface area contributed by atoms with Gasteiger partial charge in [0, 0.05) is 12.1 Å². The molecule has 0 saturated carbocycles. The number of nitrogens with zero attached hydrogens (tertiary/aromatic N) is 1. The van der Waals surface area contributed by atoms with E-state index in [4.69, 9.17) is 0 Å². The summed E-state index contributed by atoms with van der Waals surface area (Å²) < 4.78 is 1.22. The largest absolute Gasteiger partial charge is 0.269 e. The molecule has 0 spiro atoms. The van der Waals surface area contributed by atoms with Crippen LogP contribution in [0.4, 0.5) is 0 Å². The van der Waals surface area contributed by atoms with Gasteiger partial charge in [-0.2, -0.15) is 0 Å². The Morgan fingerprint density at radius 3 is 2.33 bits per heavy atom. The van der Waals surface area contributed by atoms with Crippen LogP contribution in [-0.2, 0) is 0 Å². The number of H-pyrrole nitrogens is 1. The summed E-state index contributed by atoms with van der Waals surface area (Å²) >= 11 is 0. The van der Waals surface area contributed by atoms with Crippen molar-refractivity contribution in [3.63, 3.8) is 0 Å². The molecule has 4 heteroatoms. The van der Waals surface area contributed by atoms with Crippen LogP contribution in [0.5, 0.6) is 0 Å². The molecule has 0 amide bonds. The van der Waals surface area contributed by atoms with E-state index in [9.17, 15) is 9.59 Å². The van der Waals surface area contributed by atoms with E-state index < -0.39 is 0 Å². The van der Waals surface area contributed by atoms with Crippen LogP contribution < -0.4 is 11.1 Å². The van der Waals surface area contributed by atoms with E-state index in [1.807, 2.05) is 19.1 Å². The monoisotopic (exact) mass is 202 g/mol. The minimum Gasteiger partial charge on any atom is -0.268 e. The number of aryl methyl sites for hydroxylation is 1. The lowest BCUT2D eigenvalue weighted by atomic mass is 10.2. The first-order valence-electron chi connectivity index (χ1n) is 4.56. The number of benzene rings is 1. The lowest BCUT2D eigenvalue weighted by Crippen LogP contribution is -2.26. The first kappa shape index (κ1) is 9.45. The van der Waals surface area contributed by atoms with Gasteiger partial charge in [-0.1, -0.05) is 17.7 Å². The third-order valence-corrected chi connectivity index (χ3v) is 2.11. The van der Waals surface area contributed by atoms with Crippen molar-refractivity contribution in [3.05, 3.63) is 62.7 Å². The molecule has 0 bridgehead atoms. The van der Waals surface area contributed by atoms with Crippen LogP contribution in [0.15, 0.2) is 46.0 Å². The van der Waals surface area contributed by atoms with Gasteiger partial charge in [-0.3, -0.25) is 14.7 Å². The lowest BCUT2D eigenvalue weighted by Gasteiger charge is -2.04. The van der Waals surface area contributed by atoms with Crippen molar-refractivity contribution >= 4 is 0 Å². The smallest absolute Gasteiger partial charge is 0.268 e. The molecule has 1 aromatic carbocycles. The van der Waals surface area contributed by atoms with Crippen LogP contribution in [-0.4, -0.2) is 9.78 Å². The van der Waals surface area contributed by atoms with Gasteiger partial charge < -0.3 is 0 Å². The fourth-order valence-electron chi connectivity index (χ4n) is 1.31. The summed E-state index contributed by atoms with van der Waals surface area (Å²) in [4.78, 5) is 22.5. The molecule has 1 N–H and O–H groups in total. The van der Waals surface area contributed by atoms with Gasteiger partial charge in [0.25, 0.3) is 11.1 Å². The number of hydrogen-bond donors (Lipinski definition) is 1. The maximum Gasteiger partial charge on any atom is 0.269 e. The van der Waals surface area contributed by atoms with E-state index in [1.165, 1.54) is 16.8 Å². The average molecular weight is 202 g/mol. The molecule has 1 heterocycles. The molecule has 76 valence electrons. The molecule has 0 unspecified atom stereocenters. The van der Waals surface area contributed by atoms with E-state index in [0.717, 1.165) is 5.56 Å². The zero-order chi connectivity index (χ0) is 10.8. The van der Waals surface area contributed by atoms with Gasteiger partial charge >= 0.3 is 0 Å². The molecule has 1 aromatic heterocycles. The van der Waals surface area contributed by atoms with Crippen molar-refractivity contribution in [2.75, 3.05) is 0 Å². The van der Waals surface area contributed by atoms with Crippen molar-refractivity contribution in [2.24, 2.45) is 0 Å². The van der Waals surface area contributed by atoms with Crippen LogP contribution in [0, 0.1) is 6.92 Å². The summed E-state index contributed by atoms with van der Waals surface area (Å²) in [6.45, 7) is 1.96. The van der Waals surface area contributed by atoms with Crippen molar-refractivity contribution in [3.8, 4) is 5.69 Å². The third-order valence-electron chi connectivity index (χ3n) is 2.11. The van der Waals surface area contributed by atoms with Crippen molar-refractivity contribution < 1.29 is 0 Å². The van der Waals surface area contributed by atoms with Crippen LogP contribution >= 0.6 is 0 Å². The van der Waals surface area contributed by atoms with Crippen molar-refractivity contribution in [2.45, 2.75) is 6.92 Å². The number of nitrogens with one attached hydrogen (secondary N) is 1. The summed E-state index contributed by atoms with van der Waals surface area (Å²) in [6, 6.07) is 9.80. The van der Waals surface area contributed by atoms with Gasteiger partial charge in [0.1, 0.15) is 0 Å². The van der Waals surface area contributed by atoms with Crippen molar-refractivity contribution in [1.82, 2.24) is 9.78 Å². The van der Waals surface area contributed by atoms with E-state index >= 15 is 0 Å². The average Bonchev–Trinajstić information content (AvgIpc) is 2.23. The summed E-state index contributed by atoms with van der Waals surface area (Å²) in [5.41, 5.74) is 1.21. The molecule has 0 atom stereocenters. The van der Waals surface area contributed by atoms with Gasteiger partial charge in [-0.15, -0.1) is 0 Å². The second kappa shape index (κ2) is 3.57. The van der Waals surface area contributed by atoms with Crippen LogP contribution in [0.2, 0.25) is 0 Å². The molecule has 0 radical (unpaired) electrons. The van der Waals surface area contributed by atoms with E-state index in [1.54, 1.807) is 12.1 Å². The zero-order valence-electron chi connectivity index (χ0n) is 8.23. The fourth-order valence-corrected chi connectivity index (χ4v) is 1.31. The molecule has 0 aliphatic carbocycles. The number of aromatic amines is 1. The second-order valence-corrected chi connectivity index (χ2v) is 3.32. The lowest BCUT2D eigenvalue weighted by molar-refractivity contribution is 0.785. The van der Waals surface area contributed by atoms with Crippen molar-refractivity contribution in [1.29, 1.82) is 0 Å². The molecule has 4 nitrogen and oxygen atoms in total. The minimum atomic E-state index is -0.296. The Kier molecular flexibility index (Phi) is 2.25. The number of hydrogen-bond acceptors (Lipinski definition) is 2. The predicted octanol–water partition coefficient (Wildman–Crippen LogP) is 0.834. The Morgan fingerprint density at radius 1 is 1.00 bits per heavy atom. The van der Waals surface area contributed by atoms with Crippen LogP contribution in [0.3, 0.4) is 0 Å². The predicted molar refractivity (Wildman–Crippen MR) is 57.4 cm³/mol. The molecule has 0 fully saturated rings. The highest BCUT2D eigenvalue weighted by Gasteiger charge is 1.98. The topological polar surface area (TPSA) is 54.9 Å². The Morgan fingerprint density at radius 2 is 1.67 bits per heavy atom. The fraction of sp³-hybridized carbons (Fsp3) is 0.0909. The van der Waals surface area contributed by atoms with Gasteiger partial charge in [0.05, 0.1) is 5.69 Å². The molecule has 0 aliphatic heterocycles. The normalized spacial score (nSPS) is 10.2. The molecule has 2 rings (SSSR count). The zero-order valence-corrected chi connectivity index (χ0v) is 8.23. The summed E-state index contributed by atoms with van der Waals surface area (Å²) in [6.07, 6.45) is 0.